The second kappa shape index (κ2) is 5.67. The zero-order valence-corrected chi connectivity index (χ0v) is 10.5. The molecule has 1 fully saturated rings. The molecule has 0 N–H and O–H groups in total. The van der Waals surface area contributed by atoms with Gasteiger partial charge in [-0.25, -0.2) is 0 Å². The van der Waals surface area contributed by atoms with Gasteiger partial charge in [0.15, 0.2) is 0 Å². The second-order valence-corrected chi connectivity index (χ2v) is 5.19. The molecule has 0 spiro atoms. The van der Waals surface area contributed by atoms with E-state index in [1.807, 2.05) is 13.8 Å². The molecule has 0 saturated heterocycles. The van der Waals surface area contributed by atoms with Gasteiger partial charge in [0.1, 0.15) is 0 Å². The molecule has 2 atom stereocenters. The van der Waals surface area contributed by atoms with E-state index in [9.17, 15) is 0 Å². The lowest BCUT2D eigenvalue weighted by molar-refractivity contribution is 0.130. The van der Waals surface area contributed by atoms with Crippen LogP contribution in [0.2, 0.25) is 0 Å². The van der Waals surface area contributed by atoms with E-state index in [-0.39, 0.29) is 0 Å². The summed E-state index contributed by atoms with van der Waals surface area (Å²) in [5, 5.41) is 0. The Morgan fingerprint density at radius 2 is 1.69 bits per heavy atom. The van der Waals surface area contributed by atoms with Crippen LogP contribution >= 0.6 is 0 Å². The third kappa shape index (κ3) is 4.69. The summed E-state index contributed by atoms with van der Waals surface area (Å²) < 4.78 is 0. The fourth-order valence-corrected chi connectivity index (χ4v) is 2.85. The smallest absolute Gasteiger partial charge is 0.0349 e. The molecule has 0 radical (unpaired) electrons. The van der Waals surface area contributed by atoms with Crippen molar-refractivity contribution >= 4 is 0 Å². The summed E-state index contributed by atoms with van der Waals surface area (Å²) in [7, 11) is 0. The fourth-order valence-electron chi connectivity index (χ4n) is 2.85. The Morgan fingerprint density at radius 3 is 2.08 bits per heavy atom. The largest absolute Gasteiger partial charge is 0.0683 e. The summed E-state index contributed by atoms with van der Waals surface area (Å²) in [6.45, 7) is 13.6. The summed E-state index contributed by atoms with van der Waals surface area (Å²) in [6.07, 6.45) is 5.74. The van der Waals surface area contributed by atoms with Crippen LogP contribution in [0.25, 0.3) is 0 Å². The van der Waals surface area contributed by atoms with Gasteiger partial charge in [0.2, 0.25) is 0 Å². The van der Waals surface area contributed by atoms with Crippen LogP contribution in [0, 0.1) is 17.3 Å². The predicted octanol–water partition coefficient (Wildman–Crippen LogP) is 4.89. The molecule has 2 unspecified atom stereocenters. The van der Waals surface area contributed by atoms with Gasteiger partial charge in [0, 0.05) is 0 Å². The standard InChI is InChI=1S/C11H22.C2H6/c1-5-10-6-9(2)7-11(3,4)8-10;1-2/h9-10H,5-8H2,1-4H3;1-2H3. The summed E-state index contributed by atoms with van der Waals surface area (Å²) >= 11 is 0. The Hall–Kier alpha value is 0. The van der Waals surface area contributed by atoms with Crippen molar-refractivity contribution in [2.75, 3.05) is 0 Å². The van der Waals surface area contributed by atoms with Gasteiger partial charge >= 0.3 is 0 Å². The lowest BCUT2D eigenvalue weighted by Gasteiger charge is -2.38. The van der Waals surface area contributed by atoms with Crippen molar-refractivity contribution in [3.8, 4) is 0 Å². The molecule has 0 nitrogen and oxygen atoms in total. The first kappa shape index (κ1) is 13.0. The first-order chi connectivity index (χ1) is 6.03. The maximum absolute atomic E-state index is 2.42. The molecule has 1 saturated carbocycles. The molecular weight excluding hydrogens is 156 g/mol. The second-order valence-electron chi connectivity index (χ2n) is 5.19. The molecule has 0 heterocycles. The topological polar surface area (TPSA) is 0 Å². The minimum Gasteiger partial charge on any atom is -0.0683 e. The van der Waals surface area contributed by atoms with E-state index in [0.717, 1.165) is 11.8 Å². The Bertz CT molecular complexity index is 124. The average molecular weight is 184 g/mol. The van der Waals surface area contributed by atoms with Gasteiger partial charge in [0.25, 0.3) is 0 Å². The minimum atomic E-state index is 0.623. The van der Waals surface area contributed by atoms with Crippen molar-refractivity contribution in [2.45, 2.75) is 67.2 Å². The molecule has 0 amide bonds. The van der Waals surface area contributed by atoms with Crippen LogP contribution in [0.5, 0.6) is 0 Å². The number of hydrogen-bond donors (Lipinski definition) is 0. The van der Waals surface area contributed by atoms with Crippen LogP contribution in [-0.4, -0.2) is 0 Å². The Kier molecular flexibility index (Phi) is 5.67. The highest BCUT2D eigenvalue weighted by Crippen LogP contribution is 2.42. The maximum Gasteiger partial charge on any atom is -0.0349 e. The molecule has 0 bridgehead atoms. The molecule has 1 aliphatic rings. The van der Waals surface area contributed by atoms with Gasteiger partial charge in [0.05, 0.1) is 0 Å². The number of rotatable bonds is 1. The first-order valence-corrected chi connectivity index (χ1v) is 6.03. The van der Waals surface area contributed by atoms with E-state index in [0.29, 0.717) is 5.41 Å². The monoisotopic (exact) mass is 184 g/mol. The lowest BCUT2D eigenvalue weighted by Crippen LogP contribution is -2.27. The van der Waals surface area contributed by atoms with Gasteiger partial charge in [-0.05, 0) is 36.5 Å². The minimum absolute atomic E-state index is 0.623. The average Bonchev–Trinajstić information content (AvgIpc) is 2.04. The van der Waals surface area contributed by atoms with E-state index >= 15 is 0 Å². The summed E-state index contributed by atoms with van der Waals surface area (Å²) in [5.74, 6) is 1.97. The molecule has 1 rings (SSSR count). The third-order valence-electron chi connectivity index (χ3n) is 3.06. The molecule has 1 aliphatic carbocycles. The highest BCUT2D eigenvalue weighted by molar-refractivity contribution is 4.81. The Labute approximate surface area is 85.1 Å². The van der Waals surface area contributed by atoms with E-state index in [1.54, 1.807) is 0 Å². The molecule has 0 aromatic carbocycles. The normalized spacial score (nSPS) is 31.8. The molecule has 13 heavy (non-hydrogen) atoms. The van der Waals surface area contributed by atoms with Gasteiger partial charge in [-0.1, -0.05) is 48.0 Å². The summed E-state index contributed by atoms with van der Waals surface area (Å²) in [5.41, 5.74) is 0.623. The number of hydrogen-bond acceptors (Lipinski definition) is 0. The first-order valence-electron chi connectivity index (χ1n) is 6.03. The van der Waals surface area contributed by atoms with Crippen molar-refractivity contribution in [2.24, 2.45) is 17.3 Å². The highest BCUT2D eigenvalue weighted by atomic mass is 14.4. The lowest BCUT2D eigenvalue weighted by atomic mass is 9.67. The van der Waals surface area contributed by atoms with E-state index < -0.39 is 0 Å². The van der Waals surface area contributed by atoms with Crippen molar-refractivity contribution < 1.29 is 0 Å². The zero-order chi connectivity index (χ0) is 10.5. The van der Waals surface area contributed by atoms with E-state index in [4.69, 9.17) is 0 Å². The molecule has 0 heteroatoms. The predicted molar refractivity (Wildman–Crippen MR) is 61.9 cm³/mol. The van der Waals surface area contributed by atoms with Crippen molar-refractivity contribution in [1.82, 2.24) is 0 Å². The third-order valence-corrected chi connectivity index (χ3v) is 3.06. The molecule has 80 valence electrons. The van der Waals surface area contributed by atoms with Crippen LogP contribution in [0.1, 0.15) is 67.2 Å². The van der Waals surface area contributed by atoms with Crippen molar-refractivity contribution in [1.29, 1.82) is 0 Å². The van der Waals surface area contributed by atoms with Crippen LogP contribution in [0.4, 0.5) is 0 Å². The fraction of sp³-hybridized carbons (Fsp3) is 1.00. The van der Waals surface area contributed by atoms with Gasteiger partial charge in [-0.15, -0.1) is 0 Å². The van der Waals surface area contributed by atoms with Gasteiger partial charge in [-0.3, -0.25) is 0 Å². The highest BCUT2D eigenvalue weighted by Gasteiger charge is 2.30. The van der Waals surface area contributed by atoms with Crippen LogP contribution in [0.3, 0.4) is 0 Å². The molecule has 0 aromatic heterocycles. The van der Waals surface area contributed by atoms with Crippen LogP contribution in [-0.2, 0) is 0 Å². The van der Waals surface area contributed by atoms with Crippen molar-refractivity contribution in [3.05, 3.63) is 0 Å². The van der Waals surface area contributed by atoms with Gasteiger partial charge < -0.3 is 0 Å². The SMILES string of the molecule is CC.CCC1CC(C)CC(C)(C)C1. The molecular formula is C13H28. The Balaban J connectivity index is 0.000000671. The quantitative estimate of drug-likeness (QED) is 0.544. The van der Waals surface area contributed by atoms with Crippen LogP contribution < -0.4 is 0 Å². The zero-order valence-electron chi connectivity index (χ0n) is 10.5. The van der Waals surface area contributed by atoms with E-state index in [1.165, 1.54) is 25.7 Å². The van der Waals surface area contributed by atoms with Crippen molar-refractivity contribution in [3.63, 3.8) is 0 Å². The van der Waals surface area contributed by atoms with Crippen LogP contribution in [0.15, 0.2) is 0 Å². The van der Waals surface area contributed by atoms with E-state index in [2.05, 4.69) is 27.7 Å². The molecule has 0 aliphatic heterocycles. The summed E-state index contributed by atoms with van der Waals surface area (Å²) in [4.78, 5) is 0. The van der Waals surface area contributed by atoms with Gasteiger partial charge in [-0.2, -0.15) is 0 Å². The molecule has 0 aromatic rings. The Morgan fingerprint density at radius 1 is 1.15 bits per heavy atom. The maximum atomic E-state index is 2.42. The summed E-state index contributed by atoms with van der Waals surface area (Å²) in [6, 6.07) is 0.